The van der Waals surface area contributed by atoms with Gasteiger partial charge in [0, 0.05) is 11.3 Å². The molecule has 38 heavy (non-hydrogen) atoms. The van der Waals surface area contributed by atoms with Crippen molar-refractivity contribution in [2.75, 3.05) is 19.8 Å². The second-order valence-electron chi connectivity index (χ2n) is 9.96. The highest BCUT2D eigenvalue weighted by atomic mass is 19.4. The van der Waals surface area contributed by atoms with Gasteiger partial charge in [0.2, 0.25) is 5.60 Å². The molecule has 214 valence electrons. The van der Waals surface area contributed by atoms with Crippen LogP contribution in [0.25, 0.3) is 0 Å². The number of halogens is 4. The zero-order valence-electron chi connectivity index (χ0n) is 23.6. The molecule has 0 radical (unpaired) electrons. The zero-order valence-corrected chi connectivity index (χ0v) is 23.6. The first-order valence-corrected chi connectivity index (χ1v) is 12.6. The summed E-state index contributed by atoms with van der Waals surface area (Å²) in [5.74, 6) is -2.09. The summed E-state index contributed by atoms with van der Waals surface area (Å²) >= 11 is 0. The fraction of sp³-hybridized carbons (Fsp3) is 0.571. The summed E-state index contributed by atoms with van der Waals surface area (Å²) in [6, 6.07) is 4.49. The van der Waals surface area contributed by atoms with Gasteiger partial charge in [-0.1, -0.05) is 27.7 Å². The molecule has 1 unspecified atom stereocenters. The van der Waals surface area contributed by atoms with Gasteiger partial charge < -0.3 is 19.9 Å². The topological polar surface area (TPSA) is 80.7 Å². The highest BCUT2D eigenvalue weighted by Crippen LogP contribution is 2.39. The molecule has 0 saturated heterocycles. The fourth-order valence-electron chi connectivity index (χ4n) is 3.48. The number of hydrogen-bond donors (Lipinski definition) is 2. The van der Waals surface area contributed by atoms with Gasteiger partial charge in [0.05, 0.1) is 24.4 Å². The minimum Gasteiger partial charge on any atom is -0.488 e. The standard InChI is InChI=1S/C26H34F4N2O4.C2H6/c1-15(2)19-13-22(32-17(4)16(19)3)25(34,26(28,29)30)14-31-23(33)18-8-9-21(20(27)12-18)35-10-11-36-24(5,6)7;1-2/h8-9,12-13,15,34H,10-11,14H2,1-7H3,(H,31,33);1-2H3. The van der Waals surface area contributed by atoms with Crippen molar-refractivity contribution in [3.63, 3.8) is 0 Å². The first-order chi connectivity index (χ1) is 17.5. The number of aromatic nitrogens is 1. The maximum atomic E-state index is 14.4. The minimum absolute atomic E-state index is 0.0691. The third-order valence-electron chi connectivity index (χ3n) is 5.65. The van der Waals surface area contributed by atoms with Crippen molar-refractivity contribution in [3.05, 3.63) is 58.2 Å². The number of nitrogens with zero attached hydrogens (tertiary/aromatic N) is 1. The highest BCUT2D eigenvalue weighted by Gasteiger charge is 2.56. The fourth-order valence-corrected chi connectivity index (χ4v) is 3.48. The number of hydrogen-bond acceptors (Lipinski definition) is 5. The number of amides is 1. The number of carbonyl (C=O) groups excluding carboxylic acids is 1. The van der Waals surface area contributed by atoms with Crippen molar-refractivity contribution in [1.82, 2.24) is 10.3 Å². The Hall–Kier alpha value is -2.72. The number of rotatable bonds is 9. The molecule has 0 aliphatic heterocycles. The third-order valence-corrected chi connectivity index (χ3v) is 5.65. The molecule has 1 aromatic heterocycles. The molecule has 0 saturated carbocycles. The molecule has 6 nitrogen and oxygen atoms in total. The van der Waals surface area contributed by atoms with E-state index in [9.17, 15) is 27.5 Å². The Bertz CT molecular complexity index is 1080. The predicted molar refractivity (Wildman–Crippen MR) is 139 cm³/mol. The molecule has 0 aliphatic carbocycles. The number of ether oxygens (including phenoxy) is 2. The average molecular weight is 545 g/mol. The molecule has 0 aliphatic rings. The Morgan fingerprint density at radius 1 is 1.08 bits per heavy atom. The lowest BCUT2D eigenvalue weighted by molar-refractivity contribution is -0.265. The number of alkyl halides is 3. The van der Waals surface area contributed by atoms with Gasteiger partial charge in [0.25, 0.3) is 5.91 Å². The molecular formula is C28H40F4N2O4. The molecule has 0 fully saturated rings. The largest absolute Gasteiger partial charge is 0.488 e. The minimum atomic E-state index is -5.14. The summed E-state index contributed by atoms with van der Waals surface area (Å²) in [6.07, 6.45) is -5.14. The van der Waals surface area contributed by atoms with Crippen LogP contribution in [0.4, 0.5) is 17.6 Å². The van der Waals surface area contributed by atoms with Crippen LogP contribution in [-0.4, -0.2) is 47.5 Å². The zero-order chi connectivity index (χ0) is 29.5. The highest BCUT2D eigenvalue weighted by molar-refractivity contribution is 5.94. The predicted octanol–water partition coefficient (Wildman–Crippen LogP) is 6.36. The van der Waals surface area contributed by atoms with Crippen molar-refractivity contribution >= 4 is 5.91 Å². The van der Waals surface area contributed by atoms with Crippen LogP contribution in [0, 0.1) is 19.7 Å². The second-order valence-corrected chi connectivity index (χ2v) is 9.96. The van der Waals surface area contributed by atoms with Crippen LogP contribution in [0.5, 0.6) is 5.75 Å². The smallest absolute Gasteiger partial charge is 0.424 e. The number of aliphatic hydroxyl groups is 1. The molecule has 0 bridgehead atoms. The first kappa shape index (κ1) is 33.3. The van der Waals surface area contributed by atoms with E-state index in [4.69, 9.17) is 9.47 Å². The Balaban J connectivity index is 0.00000352. The van der Waals surface area contributed by atoms with E-state index in [1.807, 2.05) is 48.5 Å². The van der Waals surface area contributed by atoms with Crippen LogP contribution >= 0.6 is 0 Å². The lowest BCUT2D eigenvalue weighted by Crippen LogP contribution is -2.51. The summed E-state index contributed by atoms with van der Waals surface area (Å²) in [4.78, 5) is 16.5. The molecule has 1 heterocycles. The van der Waals surface area contributed by atoms with Gasteiger partial charge in [-0.3, -0.25) is 9.78 Å². The second kappa shape index (κ2) is 13.4. The lowest BCUT2D eigenvalue weighted by atomic mass is 9.90. The Morgan fingerprint density at radius 3 is 2.18 bits per heavy atom. The van der Waals surface area contributed by atoms with Gasteiger partial charge in [-0.2, -0.15) is 13.2 Å². The summed E-state index contributed by atoms with van der Waals surface area (Å²) in [5, 5.41) is 12.8. The van der Waals surface area contributed by atoms with E-state index in [0.717, 1.165) is 11.6 Å². The average Bonchev–Trinajstić information content (AvgIpc) is 2.82. The Morgan fingerprint density at radius 2 is 1.68 bits per heavy atom. The molecule has 2 rings (SSSR count). The summed E-state index contributed by atoms with van der Waals surface area (Å²) in [7, 11) is 0. The van der Waals surface area contributed by atoms with Gasteiger partial charge in [-0.25, -0.2) is 4.39 Å². The first-order valence-electron chi connectivity index (χ1n) is 12.6. The SMILES string of the molecule is CC.Cc1nc(C(O)(CNC(=O)c2ccc(OCCOC(C)(C)C)c(F)c2)C(F)(F)F)cc(C(C)C)c1C. The number of benzene rings is 1. The Labute approximate surface area is 222 Å². The van der Waals surface area contributed by atoms with Crippen molar-refractivity contribution in [3.8, 4) is 5.75 Å². The van der Waals surface area contributed by atoms with Crippen LogP contribution in [0.1, 0.15) is 87.3 Å². The van der Waals surface area contributed by atoms with Crippen LogP contribution in [0.15, 0.2) is 24.3 Å². The molecular weight excluding hydrogens is 504 g/mol. The van der Waals surface area contributed by atoms with Crippen molar-refractivity contribution in [2.45, 2.75) is 85.6 Å². The molecule has 10 heteroatoms. The molecule has 1 aromatic carbocycles. The van der Waals surface area contributed by atoms with Gasteiger partial charge in [-0.05, 0) is 75.9 Å². The van der Waals surface area contributed by atoms with Gasteiger partial charge in [-0.15, -0.1) is 0 Å². The molecule has 0 spiro atoms. The maximum absolute atomic E-state index is 14.4. The third kappa shape index (κ3) is 8.66. The Kier molecular flexibility index (Phi) is 11.7. The van der Waals surface area contributed by atoms with Crippen molar-refractivity contribution < 1.29 is 36.9 Å². The van der Waals surface area contributed by atoms with Crippen LogP contribution in [0.3, 0.4) is 0 Å². The van der Waals surface area contributed by atoms with E-state index in [-0.39, 0.29) is 36.0 Å². The van der Waals surface area contributed by atoms with E-state index in [0.29, 0.717) is 11.3 Å². The van der Waals surface area contributed by atoms with E-state index < -0.39 is 35.7 Å². The van der Waals surface area contributed by atoms with Crippen LogP contribution in [-0.2, 0) is 10.3 Å². The number of carbonyl (C=O) groups is 1. The quantitative estimate of drug-likeness (QED) is 0.284. The van der Waals surface area contributed by atoms with Crippen molar-refractivity contribution in [1.29, 1.82) is 0 Å². The molecule has 2 aromatic rings. The van der Waals surface area contributed by atoms with E-state index in [1.54, 1.807) is 13.8 Å². The molecule has 2 N–H and O–H groups in total. The van der Waals surface area contributed by atoms with Crippen molar-refractivity contribution in [2.24, 2.45) is 0 Å². The summed E-state index contributed by atoms with van der Waals surface area (Å²) in [6.45, 7) is 15.6. The number of nitrogens with one attached hydrogen (secondary N) is 1. The maximum Gasteiger partial charge on any atom is 0.424 e. The van der Waals surface area contributed by atoms with E-state index >= 15 is 0 Å². The monoisotopic (exact) mass is 544 g/mol. The number of pyridine rings is 1. The van der Waals surface area contributed by atoms with Gasteiger partial charge >= 0.3 is 6.18 Å². The molecule has 1 amide bonds. The lowest BCUT2D eigenvalue weighted by Gasteiger charge is -2.31. The molecule has 1 atom stereocenters. The van der Waals surface area contributed by atoms with E-state index in [2.05, 4.69) is 10.3 Å². The van der Waals surface area contributed by atoms with E-state index in [1.165, 1.54) is 18.2 Å². The normalized spacial score (nSPS) is 13.4. The summed E-state index contributed by atoms with van der Waals surface area (Å²) in [5.41, 5.74) is -3.00. The number of aryl methyl sites for hydroxylation is 1. The van der Waals surface area contributed by atoms with Crippen LogP contribution < -0.4 is 10.1 Å². The van der Waals surface area contributed by atoms with Crippen LogP contribution in [0.2, 0.25) is 0 Å². The summed E-state index contributed by atoms with van der Waals surface area (Å²) < 4.78 is 67.3. The van der Waals surface area contributed by atoms with Gasteiger partial charge in [0.1, 0.15) is 6.61 Å². The van der Waals surface area contributed by atoms with Gasteiger partial charge in [0.15, 0.2) is 11.6 Å².